The number of amides is 3. The molecule has 1 aliphatic rings. The molecule has 0 bridgehead atoms. The Bertz CT molecular complexity index is 1020. The summed E-state index contributed by atoms with van der Waals surface area (Å²) in [5.74, 6) is 6.56. The van der Waals surface area contributed by atoms with E-state index in [2.05, 4.69) is 83.5 Å². The monoisotopic (exact) mass is 613 g/mol. The van der Waals surface area contributed by atoms with Crippen LogP contribution >= 0.6 is 0 Å². The molecule has 0 aliphatic heterocycles. The number of carbonyl (C=O) groups is 2. The van der Waals surface area contributed by atoms with Crippen molar-refractivity contribution in [2.24, 2.45) is 17.4 Å². The van der Waals surface area contributed by atoms with Crippen LogP contribution in [-0.2, 0) is 9.53 Å². The number of unbranched alkanes of at least 4 members (excludes halogenated alkanes) is 1. The number of hydrogen-bond donors (Lipinski definition) is 7. The highest BCUT2D eigenvalue weighted by molar-refractivity contribution is 5.77. The summed E-state index contributed by atoms with van der Waals surface area (Å²) in [5, 5.41) is 16.6. The fourth-order valence-corrected chi connectivity index (χ4v) is 5.17. The van der Waals surface area contributed by atoms with E-state index >= 15 is 0 Å². The fraction of sp³-hybridized carbons (Fsp3) is 0.706. The first-order valence-corrected chi connectivity index (χ1v) is 16.5. The zero-order valence-corrected chi connectivity index (χ0v) is 27.6. The second kappa shape index (κ2) is 21.0. The Kier molecular flexibility index (Phi) is 17.8. The van der Waals surface area contributed by atoms with Gasteiger partial charge in [0.05, 0.1) is 5.66 Å². The first-order chi connectivity index (χ1) is 21.0. The topological polar surface area (TPSA) is 156 Å². The number of nitrogens with one attached hydrogen (secondary N) is 5. The van der Waals surface area contributed by atoms with Crippen LogP contribution < -0.4 is 38.1 Å². The Hall–Kier alpha value is -2.84. The number of carbonyl (C=O) groups excluding carboxylic acids is 2. The van der Waals surface area contributed by atoms with Crippen LogP contribution in [0.5, 0.6) is 0 Å². The van der Waals surface area contributed by atoms with Crippen molar-refractivity contribution in [2.45, 2.75) is 116 Å². The van der Waals surface area contributed by atoms with Gasteiger partial charge in [0.1, 0.15) is 12.7 Å². The van der Waals surface area contributed by atoms with E-state index in [1.807, 2.05) is 6.92 Å². The maximum Gasteiger partial charge on any atom is 0.312 e. The molecular formula is C34H59N7O3. The molecule has 0 heterocycles. The molecule has 0 radical (unpaired) electrons. The standard InChI is InChI=1S/C34H59N7O3/c1-26(2)31(24-40-29(13-12-22-38-33(35)43)23-39-28-18-16-27(3)17-19-28)41-34(4,36)20-10-11-21-37-32(42)25-44-30-14-8-6-5-7-9-15-30/h16-19,26,29-31,39-41H,5-8,10-14,20-25,36H2,1-4H3,(H,37,42)(H3,35,38,43)/t29-,30?,31+,34?/m0/s1. The minimum Gasteiger partial charge on any atom is -0.383 e. The summed E-state index contributed by atoms with van der Waals surface area (Å²) in [5.41, 5.74) is 13.7. The Balaban J connectivity index is 1.74. The Morgan fingerprint density at radius 3 is 2.52 bits per heavy atom. The number of rotatable bonds is 21. The first kappa shape index (κ1) is 37.3. The average molecular weight is 614 g/mol. The molecular weight excluding hydrogens is 554 g/mol. The van der Waals surface area contributed by atoms with Gasteiger partial charge >= 0.3 is 6.03 Å². The van der Waals surface area contributed by atoms with Crippen molar-refractivity contribution >= 4 is 17.6 Å². The van der Waals surface area contributed by atoms with Crippen LogP contribution in [-0.4, -0.2) is 68.6 Å². The summed E-state index contributed by atoms with van der Waals surface area (Å²) in [6.45, 7) is 11.2. The molecule has 10 nitrogen and oxygen atoms in total. The second-order valence-electron chi connectivity index (χ2n) is 12.7. The minimum absolute atomic E-state index is 0.0573. The van der Waals surface area contributed by atoms with Gasteiger partial charge in [-0.15, -0.1) is 5.92 Å². The van der Waals surface area contributed by atoms with Crippen LogP contribution in [0, 0.1) is 24.7 Å². The van der Waals surface area contributed by atoms with E-state index in [0.717, 1.165) is 76.6 Å². The quantitative estimate of drug-likeness (QED) is 0.0633. The molecule has 0 spiro atoms. The van der Waals surface area contributed by atoms with Gasteiger partial charge in [-0.2, -0.15) is 0 Å². The molecule has 1 aromatic carbocycles. The van der Waals surface area contributed by atoms with Gasteiger partial charge < -0.3 is 37.5 Å². The van der Waals surface area contributed by atoms with Crippen molar-refractivity contribution in [1.29, 1.82) is 0 Å². The summed E-state index contributed by atoms with van der Waals surface area (Å²) in [6, 6.07) is 8.25. The average Bonchev–Trinajstić information content (AvgIpc) is 2.95. The lowest BCUT2D eigenvalue weighted by Crippen LogP contribution is -2.59. The predicted molar refractivity (Wildman–Crippen MR) is 180 cm³/mol. The zero-order valence-electron chi connectivity index (χ0n) is 27.6. The van der Waals surface area contributed by atoms with Crippen LogP contribution in [0.1, 0.15) is 90.5 Å². The van der Waals surface area contributed by atoms with Crippen LogP contribution in [0.4, 0.5) is 10.5 Å². The molecule has 2 unspecified atom stereocenters. The number of nitrogens with two attached hydrogens (primary N) is 2. The highest BCUT2D eigenvalue weighted by Crippen LogP contribution is 2.14. The van der Waals surface area contributed by atoms with Crippen LogP contribution in [0.2, 0.25) is 0 Å². The minimum atomic E-state index is -0.540. The van der Waals surface area contributed by atoms with Gasteiger partial charge in [-0.25, -0.2) is 4.79 Å². The van der Waals surface area contributed by atoms with Gasteiger partial charge in [-0.3, -0.25) is 10.1 Å². The third-order valence-electron chi connectivity index (χ3n) is 7.97. The summed E-state index contributed by atoms with van der Waals surface area (Å²) >= 11 is 0. The SMILES string of the molecule is Cc1ccc(NC[C@H](CCCNC(N)=O)NC[C@@H](NC(C)(N)CCCCNC(=O)COC2C#CCCCCC2)C(C)C)cc1. The molecule has 0 aromatic heterocycles. The second-order valence-corrected chi connectivity index (χ2v) is 12.7. The van der Waals surface area contributed by atoms with Crippen molar-refractivity contribution in [3.05, 3.63) is 29.8 Å². The van der Waals surface area contributed by atoms with Crippen molar-refractivity contribution in [3.63, 3.8) is 0 Å². The van der Waals surface area contributed by atoms with Crippen LogP contribution in [0.3, 0.4) is 0 Å². The van der Waals surface area contributed by atoms with Crippen LogP contribution in [0.25, 0.3) is 0 Å². The number of hydrogen-bond acceptors (Lipinski definition) is 7. The molecule has 0 saturated carbocycles. The molecule has 1 aromatic rings. The molecule has 4 atom stereocenters. The van der Waals surface area contributed by atoms with Crippen LogP contribution in [0.15, 0.2) is 24.3 Å². The van der Waals surface area contributed by atoms with E-state index in [1.54, 1.807) is 0 Å². The summed E-state index contributed by atoms with van der Waals surface area (Å²) in [7, 11) is 0. The highest BCUT2D eigenvalue weighted by atomic mass is 16.5. The lowest BCUT2D eigenvalue weighted by atomic mass is 9.98. The zero-order chi connectivity index (χ0) is 32.2. The van der Waals surface area contributed by atoms with Crippen molar-refractivity contribution in [3.8, 4) is 11.8 Å². The van der Waals surface area contributed by atoms with E-state index in [0.29, 0.717) is 19.0 Å². The lowest BCUT2D eigenvalue weighted by molar-refractivity contribution is -0.126. The highest BCUT2D eigenvalue weighted by Gasteiger charge is 2.25. The van der Waals surface area contributed by atoms with E-state index in [1.165, 1.54) is 12.0 Å². The molecule has 0 fully saturated rings. The number of primary amides is 1. The first-order valence-electron chi connectivity index (χ1n) is 16.5. The molecule has 2 rings (SSSR count). The van der Waals surface area contributed by atoms with Gasteiger partial charge in [0.2, 0.25) is 5.91 Å². The third kappa shape index (κ3) is 17.5. The largest absolute Gasteiger partial charge is 0.383 e. The Labute approximate surface area is 266 Å². The van der Waals surface area contributed by atoms with Gasteiger partial charge in [0.25, 0.3) is 0 Å². The summed E-state index contributed by atoms with van der Waals surface area (Å²) in [4.78, 5) is 23.3. The fourth-order valence-electron chi connectivity index (χ4n) is 5.17. The molecule has 44 heavy (non-hydrogen) atoms. The Morgan fingerprint density at radius 2 is 1.80 bits per heavy atom. The van der Waals surface area contributed by atoms with E-state index < -0.39 is 11.7 Å². The maximum absolute atomic E-state index is 12.2. The predicted octanol–water partition coefficient (Wildman–Crippen LogP) is 3.74. The van der Waals surface area contributed by atoms with E-state index in [9.17, 15) is 9.59 Å². The van der Waals surface area contributed by atoms with Crippen molar-refractivity contribution < 1.29 is 14.3 Å². The number of benzene rings is 1. The number of aryl methyl sites for hydroxylation is 1. The maximum atomic E-state index is 12.2. The Morgan fingerprint density at radius 1 is 1.05 bits per heavy atom. The van der Waals surface area contributed by atoms with Crippen molar-refractivity contribution in [2.75, 3.05) is 38.1 Å². The molecule has 9 N–H and O–H groups in total. The van der Waals surface area contributed by atoms with E-state index in [4.69, 9.17) is 16.2 Å². The molecule has 1 aliphatic carbocycles. The molecule has 248 valence electrons. The van der Waals surface area contributed by atoms with Gasteiger partial charge in [-0.05, 0) is 83.3 Å². The number of urea groups is 1. The summed E-state index contributed by atoms with van der Waals surface area (Å²) in [6.07, 6.45) is 9.34. The number of anilines is 1. The third-order valence-corrected chi connectivity index (χ3v) is 7.97. The van der Waals surface area contributed by atoms with Crippen molar-refractivity contribution in [1.82, 2.24) is 21.3 Å². The summed E-state index contributed by atoms with van der Waals surface area (Å²) < 4.78 is 5.73. The molecule has 0 saturated heterocycles. The molecule has 3 amide bonds. The normalized spacial score (nSPS) is 17.7. The number of ether oxygens (including phenoxy) is 1. The van der Waals surface area contributed by atoms with Gasteiger partial charge in [0, 0.05) is 50.4 Å². The van der Waals surface area contributed by atoms with Gasteiger partial charge in [-0.1, -0.05) is 43.9 Å². The molecule has 10 heteroatoms. The van der Waals surface area contributed by atoms with E-state index in [-0.39, 0.29) is 30.7 Å². The lowest BCUT2D eigenvalue weighted by Gasteiger charge is -2.35. The smallest absolute Gasteiger partial charge is 0.312 e. The van der Waals surface area contributed by atoms with Gasteiger partial charge in [0.15, 0.2) is 0 Å².